The second-order valence-electron chi connectivity index (χ2n) is 1.87. The van der Waals surface area contributed by atoms with Crippen LogP contribution in [0.4, 0.5) is 0 Å². The van der Waals surface area contributed by atoms with Gasteiger partial charge in [-0.15, -0.1) is 0 Å². The van der Waals surface area contributed by atoms with E-state index < -0.39 is 0 Å². The molecule has 0 aliphatic carbocycles. The molecule has 2 aromatic rings. The molecule has 0 fully saturated rings. The largest absolute Gasteiger partial charge is 0.333 e. The van der Waals surface area contributed by atoms with Gasteiger partial charge in [0.2, 0.25) is 0 Å². The minimum atomic E-state index is 0.323. The Labute approximate surface area is 55.5 Å². The molecular formula is C5H4N4O. The summed E-state index contributed by atoms with van der Waals surface area (Å²) in [5, 5.41) is 6.33. The van der Waals surface area contributed by atoms with Crippen molar-refractivity contribution in [2.45, 2.75) is 0 Å². The zero-order chi connectivity index (χ0) is 6.97. The van der Waals surface area contributed by atoms with Crippen LogP contribution < -0.4 is 0 Å². The van der Waals surface area contributed by atoms with E-state index in [4.69, 9.17) is 0 Å². The number of hydrogen-bond acceptors (Lipinski definition) is 3. The quantitative estimate of drug-likeness (QED) is 0.546. The van der Waals surface area contributed by atoms with Gasteiger partial charge in [0.15, 0.2) is 17.8 Å². The molecule has 2 N–H and O–H groups in total. The number of hydrogen-bond donors (Lipinski definition) is 2. The first-order valence-corrected chi connectivity index (χ1v) is 2.74. The molecule has 0 unspecified atom stereocenters. The second kappa shape index (κ2) is 1.66. The van der Waals surface area contributed by atoms with Crippen LogP contribution >= 0.6 is 0 Å². The van der Waals surface area contributed by atoms with Crippen LogP contribution in [0, 0.1) is 0 Å². The molecule has 2 rings (SSSR count). The van der Waals surface area contributed by atoms with Crippen molar-refractivity contribution >= 4 is 17.5 Å². The molecule has 0 bridgehead atoms. The Hall–Kier alpha value is -1.65. The number of nitrogens with one attached hydrogen (secondary N) is 2. The fraction of sp³-hybridized carbons (Fsp3) is 0. The number of aromatic nitrogens is 4. The highest BCUT2D eigenvalue weighted by atomic mass is 16.1. The van der Waals surface area contributed by atoms with Crippen molar-refractivity contribution in [3.05, 3.63) is 12.0 Å². The van der Waals surface area contributed by atoms with Gasteiger partial charge in [0.25, 0.3) is 0 Å². The summed E-state index contributed by atoms with van der Waals surface area (Å²) in [6, 6.07) is 0. The van der Waals surface area contributed by atoms with Gasteiger partial charge in [0.1, 0.15) is 5.52 Å². The summed E-state index contributed by atoms with van der Waals surface area (Å²) in [4.78, 5) is 16.7. The third-order valence-electron chi connectivity index (χ3n) is 1.23. The summed E-state index contributed by atoms with van der Waals surface area (Å²) in [6.07, 6.45) is 2.24. The summed E-state index contributed by atoms with van der Waals surface area (Å²) < 4.78 is 0. The van der Waals surface area contributed by atoms with E-state index in [9.17, 15) is 4.79 Å². The van der Waals surface area contributed by atoms with E-state index in [-0.39, 0.29) is 0 Å². The molecule has 0 radical (unpaired) electrons. The summed E-state index contributed by atoms with van der Waals surface area (Å²) in [5.41, 5.74) is 1.37. The number of aldehydes is 1. The van der Waals surface area contributed by atoms with Crippen LogP contribution in [-0.4, -0.2) is 26.5 Å². The molecule has 0 saturated carbocycles. The maximum atomic E-state index is 10.1. The van der Waals surface area contributed by atoms with Crippen LogP contribution in [0.25, 0.3) is 11.2 Å². The molecule has 50 valence electrons. The Morgan fingerprint density at radius 1 is 1.60 bits per heavy atom. The molecule has 10 heavy (non-hydrogen) atoms. The van der Waals surface area contributed by atoms with Crippen molar-refractivity contribution < 1.29 is 4.79 Å². The van der Waals surface area contributed by atoms with Crippen molar-refractivity contribution in [2.24, 2.45) is 0 Å². The van der Waals surface area contributed by atoms with E-state index in [1.807, 2.05) is 0 Å². The summed E-state index contributed by atoms with van der Waals surface area (Å²) >= 11 is 0. The van der Waals surface area contributed by atoms with Gasteiger partial charge in [-0.05, 0) is 0 Å². The fourth-order valence-electron chi connectivity index (χ4n) is 0.798. The van der Waals surface area contributed by atoms with Crippen LogP contribution in [0.5, 0.6) is 0 Å². The third kappa shape index (κ3) is 0.540. The predicted molar refractivity (Wildman–Crippen MR) is 33.6 cm³/mol. The lowest BCUT2D eigenvalue weighted by Crippen LogP contribution is -1.81. The van der Waals surface area contributed by atoms with E-state index in [0.717, 1.165) is 5.52 Å². The smallest absolute Gasteiger partial charge is 0.185 e. The number of H-pyrrole nitrogens is 2. The van der Waals surface area contributed by atoms with Crippen LogP contribution in [0.3, 0.4) is 0 Å². The number of rotatable bonds is 1. The van der Waals surface area contributed by atoms with Crippen LogP contribution in [0.15, 0.2) is 6.20 Å². The zero-order valence-corrected chi connectivity index (χ0v) is 4.96. The van der Waals surface area contributed by atoms with Crippen LogP contribution in [0.1, 0.15) is 10.6 Å². The Morgan fingerprint density at radius 3 is 3.20 bits per heavy atom. The molecule has 2 aromatic heterocycles. The van der Waals surface area contributed by atoms with Crippen molar-refractivity contribution in [1.82, 2.24) is 20.2 Å². The molecule has 0 spiro atoms. The number of fused-ring (bicyclic) bond motifs is 1. The SMILES string of the molecule is O=Cc1nc2[nH]ncc2[nH]1. The van der Waals surface area contributed by atoms with E-state index in [0.29, 0.717) is 17.8 Å². The highest BCUT2D eigenvalue weighted by Crippen LogP contribution is 2.03. The minimum Gasteiger partial charge on any atom is -0.333 e. The summed E-state index contributed by atoms with van der Waals surface area (Å²) in [6.45, 7) is 0. The molecule has 0 atom stereocenters. The van der Waals surface area contributed by atoms with Crippen LogP contribution in [0.2, 0.25) is 0 Å². The topological polar surface area (TPSA) is 74.4 Å². The Kier molecular flexibility index (Phi) is 0.858. The molecule has 5 heteroatoms. The maximum Gasteiger partial charge on any atom is 0.185 e. The first kappa shape index (κ1) is 5.16. The van der Waals surface area contributed by atoms with Crippen molar-refractivity contribution in [2.75, 3.05) is 0 Å². The molecular weight excluding hydrogens is 132 g/mol. The first-order valence-electron chi connectivity index (χ1n) is 2.74. The Balaban J connectivity index is 2.78. The lowest BCUT2D eigenvalue weighted by molar-refractivity contribution is 0.111. The molecule has 5 nitrogen and oxygen atoms in total. The average Bonchev–Trinajstić information content (AvgIpc) is 2.42. The Bertz CT molecular complexity index is 332. The molecule has 0 amide bonds. The summed E-state index contributed by atoms with van der Waals surface area (Å²) in [5.74, 6) is 0.323. The molecule has 0 aliphatic rings. The van der Waals surface area contributed by atoms with Crippen molar-refractivity contribution in [3.8, 4) is 0 Å². The summed E-state index contributed by atoms with van der Waals surface area (Å²) in [7, 11) is 0. The molecule has 2 heterocycles. The van der Waals surface area contributed by atoms with Crippen molar-refractivity contribution in [3.63, 3.8) is 0 Å². The minimum absolute atomic E-state index is 0.323. The standard InChI is InChI=1S/C5H4N4O/c10-2-4-7-3-1-6-9-5(3)8-4/h1-2H,(H2,6,7,8,9). The van der Waals surface area contributed by atoms with Gasteiger partial charge in [0.05, 0.1) is 6.20 Å². The van der Waals surface area contributed by atoms with Gasteiger partial charge in [-0.3, -0.25) is 9.89 Å². The zero-order valence-electron chi connectivity index (χ0n) is 4.96. The fourth-order valence-corrected chi connectivity index (χ4v) is 0.798. The molecule has 0 aromatic carbocycles. The molecule has 0 aliphatic heterocycles. The second-order valence-corrected chi connectivity index (χ2v) is 1.87. The van der Waals surface area contributed by atoms with Crippen molar-refractivity contribution in [1.29, 1.82) is 0 Å². The van der Waals surface area contributed by atoms with Gasteiger partial charge >= 0.3 is 0 Å². The van der Waals surface area contributed by atoms with Gasteiger partial charge in [-0.25, -0.2) is 4.98 Å². The molecule has 0 saturated heterocycles. The predicted octanol–water partition coefficient (Wildman–Crippen LogP) is 0.0985. The van der Waals surface area contributed by atoms with Gasteiger partial charge in [-0.1, -0.05) is 0 Å². The number of nitrogens with zero attached hydrogens (tertiary/aromatic N) is 2. The van der Waals surface area contributed by atoms with E-state index in [2.05, 4.69) is 20.2 Å². The maximum absolute atomic E-state index is 10.1. The number of imidazole rings is 1. The average molecular weight is 136 g/mol. The van der Waals surface area contributed by atoms with Gasteiger partial charge < -0.3 is 4.98 Å². The normalized spacial score (nSPS) is 10.4. The number of aromatic amines is 2. The van der Waals surface area contributed by atoms with E-state index in [1.165, 1.54) is 0 Å². The lowest BCUT2D eigenvalue weighted by Gasteiger charge is -1.72. The van der Waals surface area contributed by atoms with E-state index >= 15 is 0 Å². The van der Waals surface area contributed by atoms with Crippen LogP contribution in [-0.2, 0) is 0 Å². The lowest BCUT2D eigenvalue weighted by atomic mass is 10.6. The monoisotopic (exact) mass is 136 g/mol. The highest BCUT2D eigenvalue weighted by molar-refractivity contribution is 5.78. The number of carbonyl (C=O) groups excluding carboxylic acids is 1. The van der Waals surface area contributed by atoms with Gasteiger partial charge in [-0.2, -0.15) is 5.10 Å². The van der Waals surface area contributed by atoms with Gasteiger partial charge in [0, 0.05) is 0 Å². The first-order chi connectivity index (χ1) is 4.90. The third-order valence-corrected chi connectivity index (χ3v) is 1.23. The Morgan fingerprint density at radius 2 is 2.50 bits per heavy atom. The highest BCUT2D eigenvalue weighted by Gasteiger charge is 2.00. The number of carbonyl (C=O) groups is 1. The van der Waals surface area contributed by atoms with E-state index in [1.54, 1.807) is 6.20 Å².